The zero-order valence-corrected chi connectivity index (χ0v) is 11.6. The lowest BCUT2D eigenvalue weighted by Gasteiger charge is -2.18. The number of rotatable bonds is 3. The van der Waals surface area contributed by atoms with E-state index in [1.807, 2.05) is 31.2 Å². The van der Waals surface area contributed by atoms with Crippen molar-refractivity contribution in [2.45, 2.75) is 13.5 Å². The molecule has 0 aliphatic rings. The van der Waals surface area contributed by atoms with Gasteiger partial charge in [-0.2, -0.15) is 0 Å². The summed E-state index contributed by atoms with van der Waals surface area (Å²) in [6, 6.07) is 13.5. The molecule has 2 amide bonds. The van der Waals surface area contributed by atoms with Crippen molar-refractivity contribution in [1.29, 1.82) is 0 Å². The number of nitrogens with one attached hydrogen (secondary N) is 1. The van der Waals surface area contributed by atoms with Crippen LogP contribution in [-0.2, 0) is 6.54 Å². The van der Waals surface area contributed by atoms with Crippen molar-refractivity contribution in [3.05, 3.63) is 65.5 Å². The highest BCUT2D eigenvalue weighted by atomic mass is 19.1. The molecule has 0 aromatic heterocycles. The molecule has 0 unspecified atom stereocenters. The van der Waals surface area contributed by atoms with Gasteiger partial charge in [-0.25, -0.2) is 9.18 Å². The second-order valence-electron chi connectivity index (χ2n) is 4.78. The van der Waals surface area contributed by atoms with Crippen molar-refractivity contribution in [1.82, 2.24) is 4.90 Å². The highest BCUT2D eigenvalue weighted by Crippen LogP contribution is 2.11. The fourth-order valence-corrected chi connectivity index (χ4v) is 1.79. The van der Waals surface area contributed by atoms with Gasteiger partial charge in [0.15, 0.2) is 0 Å². The van der Waals surface area contributed by atoms with E-state index >= 15 is 0 Å². The van der Waals surface area contributed by atoms with Gasteiger partial charge in [0.05, 0.1) is 0 Å². The summed E-state index contributed by atoms with van der Waals surface area (Å²) >= 11 is 0. The molecule has 0 saturated carbocycles. The van der Waals surface area contributed by atoms with Crippen molar-refractivity contribution < 1.29 is 9.18 Å². The molecule has 0 heterocycles. The Morgan fingerprint density at radius 2 is 1.70 bits per heavy atom. The molecular formula is C16H17FN2O. The van der Waals surface area contributed by atoms with E-state index in [0.717, 1.165) is 16.8 Å². The molecule has 2 aromatic carbocycles. The summed E-state index contributed by atoms with van der Waals surface area (Å²) < 4.78 is 12.8. The molecule has 3 nitrogen and oxygen atoms in total. The number of urea groups is 1. The van der Waals surface area contributed by atoms with Crippen LogP contribution in [0.25, 0.3) is 0 Å². The average Bonchev–Trinajstić information content (AvgIpc) is 2.44. The predicted octanol–water partition coefficient (Wildman–Crippen LogP) is 3.80. The van der Waals surface area contributed by atoms with Crippen LogP contribution in [0.1, 0.15) is 11.1 Å². The summed E-state index contributed by atoms with van der Waals surface area (Å²) in [5.74, 6) is -0.277. The van der Waals surface area contributed by atoms with E-state index in [1.165, 1.54) is 12.1 Å². The maximum absolute atomic E-state index is 12.8. The van der Waals surface area contributed by atoms with Crippen molar-refractivity contribution in [2.75, 3.05) is 12.4 Å². The summed E-state index contributed by atoms with van der Waals surface area (Å²) in [5.41, 5.74) is 2.78. The maximum Gasteiger partial charge on any atom is 0.321 e. The molecule has 104 valence electrons. The molecule has 4 heteroatoms. The van der Waals surface area contributed by atoms with Crippen molar-refractivity contribution in [3.8, 4) is 0 Å². The number of carbonyl (C=O) groups is 1. The molecule has 0 aliphatic carbocycles. The smallest absolute Gasteiger partial charge is 0.321 e. The van der Waals surface area contributed by atoms with Crippen LogP contribution in [0.4, 0.5) is 14.9 Å². The van der Waals surface area contributed by atoms with Gasteiger partial charge in [-0.05, 0) is 36.8 Å². The van der Waals surface area contributed by atoms with Crippen LogP contribution in [0.5, 0.6) is 0 Å². The van der Waals surface area contributed by atoms with E-state index in [1.54, 1.807) is 24.1 Å². The van der Waals surface area contributed by atoms with Gasteiger partial charge in [0.1, 0.15) is 5.82 Å². The first-order valence-corrected chi connectivity index (χ1v) is 6.38. The van der Waals surface area contributed by atoms with Gasteiger partial charge in [0.25, 0.3) is 0 Å². The van der Waals surface area contributed by atoms with Crippen LogP contribution in [0.3, 0.4) is 0 Å². The molecule has 0 aliphatic heterocycles. The normalized spacial score (nSPS) is 10.2. The molecule has 0 radical (unpaired) electrons. The fourth-order valence-electron chi connectivity index (χ4n) is 1.79. The molecule has 20 heavy (non-hydrogen) atoms. The molecule has 0 bridgehead atoms. The number of carbonyl (C=O) groups excluding carboxylic acids is 1. The highest BCUT2D eigenvalue weighted by Gasteiger charge is 2.09. The summed E-state index contributed by atoms with van der Waals surface area (Å²) in [6.07, 6.45) is 0. The number of halogens is 1. The zero-order valence-electron chi connectivity index (χ0n) is 11.6. The molecule has 0 atom stereocenters. The first kappa shape index (κ1) is 14.1. The fraction of sp³-hybridized carbons (Fsp3) is 0.188. The van der Waals surface area contributed by atoms with E-state index < -0.39 is 0 Å². The Hall–Kier alpha value is -2.36. The average molecular weight is 272 g/mol. The zero-order chi connectivity index (χ0) is 14.5. The van der Waals surface area contributed by atoms with Crippen LogP contribution >= 0.6 is 0 Å². The predicted molar refractivity (Wildman–Crippen MR) is 78.1 cm³/mol. The van der Waals surface area contributed by atoms with Gasteiger partial charge in [0.2, 0.25) is 0 Å². The summed E-state index contributed by atoms with van der Waals surface area (Å²) in [7, 11) is 1.70. The van der Waals surface area contributed by atoms with Gasteiger partial charge in [-0.3, -0.25) is 0 Å². The largest absolute Gasteiger partial charge is 0.323 e. The minimum absolute atomic E-state index is 0.196. The van der Waals surface area contributed by atoms with E-state index in [9.17, 15) is 9.18 Å². The Morgan fingerprint density at radius 1 is 1.10 bits per heavy atom. The van der Waals surface area contributed by atoms with Crippen molar-refractivity contribution in [2.24, 2.45) is 0 Å². The Labute approximate surface area is 118 Å². The molecule has 0 saturated heterocycles. The Kier molecular flexibility index (Phi) is 4.35. The molecule has 2 rings (SSSR count). The topological polar surface area (TPSA) is 32.3 Å². The molecule has 0 spiro atoms. The second-order valence-corrected chi connectivity index (χ2v) is 4.78. The summed E-state index contributed by atoms with van der Waals surface area (Å²) in [6.45, 7) is 2.42. The maximum atomic E-state index is 12.8. The molecule has 1 N–H and O–H groups in total. The third-order valence-electron chi connectivity index (χ3n) is 2.98. The highest BCUT2D eigenvalue weighted by molar-refractivity contribution is 5.89. The SMILES string of the molecule is Cc1ccc(NC(=O)N(C)Cc2ccc(F)cc2)cc1. The van der Waals surface area contributed by atoms with Crippen LogP contribution < -0.4 is 5.32 Å². The van der Waals surface area contributed by atoms with Crippen LogP contribution in [0, 0.1) is 12.7 Å². The minimum Gasteiger partial charge on any atom is -0.323 e. The van der Waals surface area contributed by atoms with Gasteiger partial charge < -0.3 is 10.2 Å². The lowest BCUT2D eigenvalue weighted by Crippen LogP contribution is -2.30. The lowest BCUT2D eigenvalue weighted by atomic mass is 10.2. The summed E-state index contributed by atoms with van der Waals surface area (Å²) in [4.78, 5) is 13.6. The molecular weight excluding hydrogens is 255 g/mol. The first-order valence-electron chi connectivity index (χ1n) is 6.38. The van der Waals surface area contributed by atoms with Gasteiger partial charge in [-0.15, -0.1) is 0 Å². The van der Waals surface area contributed by atoms with Crippen molar-refractivity contribution >= 4 is 11.7 Å². The molecule has 0 fully saturated rings. The van der Waals surface area contributed by atoms with Gasteiger partial charge >= 0.3 is 6.03 Å². The van der Waals surface area contributed by atoms with Crippen molar-refractivity contribution in [3.63, 3.8) is 0 Å². The van der Waals surface area contributed by atoms with Crippen LogP contribution in [0.2, 0.25) is 0 Å². The Balaban J connectivity index is 1.94. The van der Waals surface area contributed by atoms with E-state index in [-0.39, 0.29) is 11.8 Å². The Morgan fingerprint density at radius 3 is 2.30 bits per heavy atom. The number of aryl methyl sites for hydroxylation is 1. The number of hydrogen-bond donors (Lipinski definition) is 1. The number of hydrogen-bond acceptors (Lipinski definition) is 1. The van der Waals surface area contributed by atoms with E-state index in [0.29, 0.717) is 6.54 Å². The molecule has 2 aromatic rings. The third kappa shape index (κ3) is 3.82. The third-order valence-corrected chi connectivity index (χ3v) is 2.98. The standard InChI is InChI=1S/C16H17FN2O/c1-12-3-9-15(10-4-12)18-16(20)19(2)11-13-5-7-14(17)8-6-13/h3-10H,11H2,1-2H3,(H,18,20). The monoisotopic (exact) mass is 272 g/mol. The lowest BCUT2D eigenvalue weighted by molar-refractivity contribution is 0.220. The number of anilines is 1. The van der Waals surface area contributed by atoms with Gasteiger partial charge in [-0.1, -0.05) is 29.8 Å². The van der Waals surface area contributed by atoms with E-state index in [2.05, 4.69) is 5.32 Å². The van der Waals surface area contributed by atoms with Crippen LogP contribution in [0.15, 0.2) is 48.5 Å². The number of benzene rings is 2. The summed E-state index contributed by atoms with van der Waals surface area (Å²) in [5, 5.41) is 2.81. The van der Waals surface area contributed by atoms with Gasteiger partial charge in [0, 0.05) is 19.3 Å². The number of amides is 2. The first-order chi connectivity index (χ1) is 9.54. The minimum atomic E-state index is -0.277. The van der Waals surface area contributed by atoms with Crippen LogP contribution in [-0.4, -0.2) is 18.0 Å². The number of nitrogens with zero attached hydrogens (tertiary/aromatic N) is 1. The quantitative estimate of drug-likeness (QED) is 0.905. The Bertz CT molecular complexity index is 578. The second kappa shape index (κ2) is 6.19. The van der Waals surface area contributed by atoms with E-state index in [4.69, 9.17) is 0 Å².